The van der Waals surface area contributed by atoms with Gasteiger partial charge in [-0.1, -0.05) is 43.7 Å². The third kappa shape index (κ3) is 5.55. The molecule has 1 aromatic rings. The Balaban J connectivity index is 2.07. The maximum absolute atomic E-state index is 5.92. The number of hydrogen-bond donors (Lipinski definition) is 2. The Morgan fingerprint density at radius 3 is 2.60 bits per heavy atom. The summed E-state index contributed by atoms with van der Waals surface area (Å²) in [5.74, 6) is 0. The van der Waals surface area contributed by atoms with Gasteiger partial charge in [-0.15, -0.1) is 0 Å². The molecule has 15 heavy (non-hydrogen) atoms. The van der Waals surface area contributed by atoms with E-state index < -0.39 is 0 Å². The zero-order valence-electron chi connectivity index (χ0n) is 9.58. The lowest BCUT2D eigenvalue weighted by atomic mass is 10.1. The van der Waals surface area contributed by atoms with Crippen molar-refractivity contribution in [3.8, 4) is 0 Å². The molecular weight excluding hydrogens is 184 g/mol. The minimum Gasteiger partial charge on any atom is -0.328 e. The Morgan fingerprint density at radius 1 is 1.20 bits per heavy atom. The maximum atomic E-state index is 5.92. The predicted octanol–water partition coefficient (Wildman–Crippen LogP) is 2.29. The fraction of sp³-hybridized carbons (Fsp3) is 0.538. The van der Waals surface area contributed by atoms with E-state index >= 15 is 0 Å². The van der Waals surface area contributed by atoms with Crippen LogP contribution in [0.4, 0.5) is 0 Å². The van der Waals surface area contributed by atoms with Gasteiger partial charge in [-0.05, 0) is 24.9 Å². The van der Waals surface area contributed by atoms with Gasteiger partial charge in [-0.25, -0.2) is 0 Å². The van der Waals surface area contributed by atoms with E-state index in [4.69, 9.17) is 5.73 Å². The first-order chi connectivity index (χ1) is 7.33. The van der Waals surface area contributed by atoms with E-state index in [1.807, 2.05) is 6.07 Å². The lowest BCUT2D eigenvalue weighted by Gasteiger charge is -2.10. The van der Waals surface area contributed by atoms with Crippen molar-refractivity contribution >= 4 is 0 Å². The SMILES string of the molecule is CCCC(N)CCNCc1ccccc1. The van der Waals surface area contributed by atoms with Crippen LogP contribution in [0.2, 0.25) is 0 Å². The van der Waals surface area contributed by atoms with Crippen LogP contribution in [-0.4, -0.2) is 12.6 Å². The van der Waals surface area contributed by atoms with Gasteiger partial charge in [0.25, 0.3) is 0 Å². The highest BCUT2D eigenvalue weighted by Crippen LogP contribution is 1.99. The van der Waals surface area contributed by atoms with Crippen LogP contribution in [-0.2, 0) is 6.54 Å². The van der Waals surface area contributed by atoms with Gasteiger partial charge in [0.2, 0.25) is 0 Å². The second-order valence-electron chi connectivity index (χ2n) is 4.00. The van der Waals surface area contributed by atoms with Gasteiger partial charge in [-0.3, -0.25) is 0 Å². The largest absolute Gasteiger partial charge is 0.328 e. The molecular formula is C13H22N2. The lowest BCUT2D eigenvalue weighted by molar-refractivity contribution is 0.527. The molecule has 1 unspecified atom stereocenters. The van der Waals surface area contributed by atoms with Crippen molar-refractivity contribution in [3.05, 3.63) is 35.9 Å². The molecule has 1 aromatic carbocycles. The van der Waals surface area contributed by atoms with E-state index in [1.54, 1.807) is 0 Å². The summed E-state index contributed by atoms with van der Waals surface area (Å²) in [4.78, 5) is 0. The summed E-state index contributed by atoms with van der Waals surface area (Å²) in [6.45, 7) is 4.13. The quantitative estimate of drug-likeness (QED) is 0.672. The van der Waals surface area contributed by atoms with Crippen LogP contribution in [0.1, 0.15) is 31.7 Å². The highest BCUT2D eigenvalue weighted by Gasteiger charge is 1.99. The first-order valence-electron chi connectivity index (χ1n) is 5.83. The molecule has 1 rings (SSSR count). The maximum Gasteiger partial charge on any atom is 0.0205 e. The van der Waals surface area contributed by atoms with Crippen LogP contribution in [0.3, 0.4) is 0 Å². The molecule has 0 aliphatic heterocycles. The van der Waals surface area contributed by atoms with Crippen molar-refractivity contribution in [1.29, 1.82) is 0 Å². The van der Waals surface area contributed by atoms with Crippen LogP contribution in [0.15, 0.2) is 30.3 Å². The fourth-order valence-electron chi connectivity index (χ4n) is 1.63. The molecule has 0 aliphatic rings. The van der Waals surface area contributed by atoms with Crippen molar-refractivity contribution in [2.24, 2.45) is 5.73 Å². The molecule has 0 heterocycles. The monoisotopic (exact) mass is 206 g/mol. The average Bonchev–Trinajstić information content (AvgIpc) is 2.26. The summed E-state index contributed by atoms with van der Waals surface area (Å²) in [7, 11) is 0. The third-order valence-electron chi connectivity index (χ3n) is 2.52. The molecule has 3 N–H and O–H groups in total. The fourth-order valence-corrected chi connectivity index (χ4v) is 1.63. The highest BCUT2D eigenvalue weighted by molar-refractivity contribution is 5.14. The summed E-state index contributed by atoms with van der Waals surface area (Å²) in [5, 5.41) is 3.41. The second-order valence-corrected chi connectivity index (χ2v) is 4.00. The number of rotatable bonds is 7. The van der Waals surface area contributed by atoms with Gasteiger partial charge in [0.15, 0.2) is 0 Å². The number of hydrogen-bond acceptors (Lipinski definition) is 2. The van der Waals surface area contributed by atoms with E-state index in [2.05, 4.69) is 36.5 Å². The third-order valence-corrected chi connectivity index (χ3v) is 2.52. The molecule has 0 aromatic heterocycles. The van der Waals surface area contributed by atoms with Gasteiger partial charge in [0.1, 0.15) is 0 Å². The molecule has 0 spiro atoms. The summed E-state index contributed by atoms with van der Waals surface area (Å²) in [6.07, 6.45) is 3.38. The molecule has 0 aliphatic carbocycles. The second kappa shape index (κ2) is 7.43. The molecule has 0 bridgehead atoms. The van der Waals surface area contributed by atoms with Crippen LogP contribution in [0, 0.1) is 0 Å². The van der Waals surface area contributed by atoms with Gasteiger partial charge in [0, 0.05) is 12.6 Å². The smallest absolute Gasteiger partial charge is 0.0205 e. The Labute approximate surface area is 92.9 Å². The Morgan fingerprint density at radius 2 is 1.93 bits per heavy atom. The van der Waals surface area contributed by atoms with Gasteiger partial charge in [0.05, 0.1) is 0 Å². The van der Waals surface area contributed by atoms with Gasteiger partial charge in [-0.2, -0.15) is 0 Å². The molecule has 1 atom stereocenters. The zero-order chi connectivity index (χ0) is 10.9. The molecule has 0 saturated heterocycles. The first kappa shape index (κ1) is 12.2. The number of nitrogens with one attached hydrogen (secondary N) is 1. The van der Waals surface area contributed by atoms with Crippen molar-refractivity contribution < 1.29 is 0 Å². The van der Waals surface area contributed by atoms with Crippen LogP contribution in [0.25, 0.3) is 0 Å². The van der Waals surface area contributed by atoms with E-state index in [0.29, 0.717) is 6.04 Å². The average molecular weight is 206 g/mol. The summed E-state index contributed by atoms with van der Waals surface area (Å²) in [6, 6.07) is 10.8. The van der Waals surface area contributed by atoms with Crippen LogP contribution < -0.4 is 11.1 Å². The number of benzene rings is 1. The first-order valence-corrected chi connectivity index (χ1v) is 5.83. The summed E-state index contributed by atoms with van der Waals surface area (Å²) < 4.78 is 0. The molecule has 0 radical (unpaired) electrons. The Kier molecular flexibility index (Phi) is 6.05. The normalized spacial score (nSPS) is 12.7. The minimum atomic E-state index is 0.360. The highest BCUT2D eigenvalue weighted by atomic mass is 14.9. The van der Waals surface area contributed by atoms with Crippen LogP contribution in [0.5, 0.6) is 0 Å². The van der Waals surface area contributed by atoms with E-state index in [1.165, 1.54) is 12.0 Å². The minimum absolute atomic E-state index is 0.360. The number of nitrogens with two attached hydrogens (primary N) is 1. The van der Waals surface area contributed by atoms with Gasteiger partial charge < -0.3 is 11.1 Å². The zero-order valence-corrected chi connectivity index (χ0v) is 9.58. The Bertz CT molecular complexity index is 246. The van der Waals surface area contributed by atoms with Crippen molar-refractivity contribution in [2.75, 3.05) is 6.54 Å². The van der Waals surface area contributed by atoms with E-state index in [9.17, 15) is 0 Å². The molecule has 84 valence electrons. The predicted molar refractivity (Wildman–Crippen MR) is 65.6 cm³/mol. The van der Waals surface area contributed by atoms with Crippen molar-refractivity contribution in [3.63, 3.8) is 0 Å². The van der Waals surface area contributed by atoms with Crippen molar-refractivity contribution in [1.82, 2.24) is 5.32 Å². The molecule has 0 amide bonds. The standard InChI is InChI=1S/C13H22N2/c1-2-6-13(14)9-10-15-11-12-7-4-3-5-8-12/h3-5,7-8,13,15H,2,6,9-11,14H2,1H3. The lowest BCUT2D eigenvalue weighted by Crippen LogP contribution is -2.26. The van der Waals surface area contributed by atoms with E-state index in [0.717, 1.165) is 25.9 Å². The van der Waals surface area contributed by atoms with Crippen molar-refractivity contribution in [2.45, 2.75) is 38.8 Å². The topological polar surface area (TPSA) is 38.0 Å². The summed E-state index contributed by atoms with van der Waals surface area (Å²) >= 11 is 0. The van der Waals surface area contributed by atoms with E-state index in [-0.39, 0.29) is 0 Å². The molecule has 2 heteroatoms. The summed E-state index contributed by atoms with van der Waals surface area (Å²) in [5.41, 5.74) is 7.26. The Hall–Kier alpha value is -0.860. The molecule has 2 nitrogen and oxygen atoms in total. The molecule has 0 saturated carbocycles. The molecule has 0 fully saturated rings. The van der Waals surface area contributed by atoms with Gasteiger partial charge >= 0.3 is 0 Å². The van der Waals surface area contributed by atoms with Crippen LogP contribution >= 0.6 is 0 Å².